The SMILES string of the molecule is CN(c1cccc(CN)c1)c1nccc(C(F)(F)F)n1. The van der Waals surface area contributed by atoms with Crippen molar-refractivity contribution in [1.29, 1.82) is 0 Å². The van der Waals surface area contributed by atoms with Gasteiger partial charge in [0, 0.05) is 25.5 Å². The number of nitrogens with zero attached hydrogens (tertiary/aromatic N) is 3. The molecule has 4 nitrogen and oxygen atoms in total. The second-order valence-corrected chi connectivity index (χ2v) is 4.17. The van der Waals surface area contributed by atoms with E-state index >= 15 is 0 Å². The number of benzene rings is 1. The normalized spacial score (nSPS) is 11.4. The number of hydrogen-bond donors (Lipinski definition) is 1. The highest BCUT2D eigenvalue weighted by Crippen LogP contribution is 2.29. The van der Waals surface area contributed by atoms with Crippen LogP contribution in [0.25, 0.3) is 0 Å². The molecule has 1 aromatic carbocycles. The van der Waals surface area contributed by atoms with E-state index in [0.717, 1.165) is 17.8 Å². The Bertz CT molecular complexity index is 598. The molecule has 1 heterocycles. The van der Waals surface area contributed by atoms with E-state index < -0.39 is 11.9 Å². The van der Waals surface area contributed by atoms with Crippen molar-refractivity contribution in [3.63, 3.8) is 0 Å². The first-order valence-electron chi connectivity index (χ1n) is 5.85. The molecule has 0 amide bonds. The van der Waals surface area contributed by atoms with Gasteiger partial charge >= 0.3 is 6.18 Å². The lowest BCUT2D eigenvalue weighted by Gasteiger charge is -2.18. The fraction of sp³-hybridized carbons (Fsp3) is 0.231. The van der Waals surface area contributed by atoms with Gasteiger partial charge in [0.1, 0.15) is 5.69 Å². The van der Waals surface area contributed by atoms with E-state index in [1.165, 1.54) is 4.90 Å². The lowest BCUT2D eigenvalue weighted by molar-refractivity contribution is -0.141. The van der Waals surface area contributed by atoms with Crippen LogP contribution in [0.5, 0.6) is 0 Å². The average molecular weight is 282 g/mol. The summed E-state index contributed by atoms with van der Waals surface area (Å²) < 4.78 is 37.9. The Morgan fingerprint density at radius 2 is 2.00 bits per heavy atom. The van der Waals surface area contributed by atoms with Crippen molar-refractivity contribution in [2.75, 3.05) is 11.9 Å². The highest BCUT2D eigenvalue weighted by molar-refractivity contribution is 5.57. The van der Waals surface area contributed by atoms with Crippen LogP contribution in [-0.2, 0) is 12.7 Å². The van der Waals surface area contributed by atoms with E-state index in [9.17, 15) is 13.2 Å². The highest BCUT2D eigenvalue weighted by atomic mass is 19.4. The molecule has 0 bridgehead atoms. The molecule has 2 aromatic rings. The van der Waals surface area contributed by atoms with Gasteiger partial charge in [0.25, 0.3) is 0 Å². The van der Waals surface area contributed by atoms with Gasteiger partial charge in [-0.25, -0.2) is 9.97 Å². The van der Waals surface area contributed by atoms with Crippen LogP contribution < -0.4 is 10.6 Å². The van der Waals surface area contributed by atoms with E-state index in [1.807, 2.05) is 6.07 Å². The number of alkyl halides is 3. The second kappa shape index (κ2) is 5.46. The summed E-state index contributed by atoms with van der Waals surface area (Å²) in [5.74, 6) is -0.0194. The van der Waals surface area contributed by atoms with Gasteiger partial charge in [-0.05, 0) is 23.8 Å². The molecule has 106 valence electrons. The van der Waals surface area contributed by atoms with Crippen LogP contribution in [0.15, 0.2) is 36.5 Å². The minimum atomic E-state index is -4.49. The molecule has 7 heteroatoms. The van der Waals surface area contributed by atoms with E-state index in [0.29, 0.717) is 12.2 Å². The first-order chi connectivity index (χ1) is 9.41. The van der Waals surface area contributed by atoms with Gasteiger partial charge in [-0.1, -0.05) is 12.1 Å². The molecule has 0 radical (unpaired) electrons. The van der Waals surface area contributed by atoms with Crippen molar-refractivity contribution >= 4 is 11.6 Å². The van der Waals surface area contributed by atoms with Gasteiger partial charge in [-0.15, -0.1) is 0 Å². The third-order valence-electron chi connectivity index (χ3n) is 2.77. The quantitative estimate of drug-likeness (QED) is 0.940. The zero-order valence-electron chi connectivity index (χ0n) is 10.7. The summed E-state index contributed by atoms with van der Waals surface area (Å²) in [6.07, 6.45) is -3.40. The number of nitrogens with two attached hydrogens (primary N) is 1. The number of rotatable bonds is 3. The van der Waals surface area contributed by atoms with Crippen LogP contribution in [0, 0.1) is 0 Å². The van der Waals surface area contributed by atoms with Gasteiger partial charge in [0.2, 0.25) is 5.95 Å². The second-order valence-electron chi connectivity index (χ2n) is 4.17. The molecule has 0 spiro atoms. The molecule has 0 unspecified atom stereocenters. The minimum Gasteiger partial charge on any atom is -0.326 e. The lowest BCUT2D eigenvalue weighted by atomic mass is 10.2. The lowest BCUT2D eigenvalue weighted by Crippen LogP contribution is -2.17. The predicted molar refractivity (Wildman–Crippen MR) is 69.4 cm³/mol. The van der Waals surface area contributed by atoms with Crippen molar-refractivity contribution in [1.82, 2.24) is 9.97 Å². The Labute approximate surface area is 114 Å². The predicted octanol–water partition coefficient (Wildman–Crippen LogP) is 2.72. The highest BCUT2D eigenvalue weighted by Gasteiger charge is 2.33. The zero-order valence-corrected chi connectivity index (χ0v) is 10.7. The summed E-state index contributed by atoms with van der Waals surface area (Å²) in [4.78, 5) is 8.88. The van der Waals surface area contributed by atoms with E-state index in [1.54, 1.807) is 25.2 Å². The fourth-order valence-electron chi connectivity index (χ4n) is 1.68. The largest absolute Gasteiger partial charge is 0.433 e. The molecule has 2 rings (SSSR count). The van der Waals surface area contributed by atoms with Crippen LogP contribution in [0.3, 0.4) is 0 Å². The van der Waals surface area contributed by atoms with Crippen LogP contribution in [0.4, 0.5) is 24.8 Å². The summed E-state index contributed by atoms with van der Waals surface area (Å²) in [5, 5.41) is 0. The van der Waals surface area contributed by atoms with Crippen LogP contribution in [-0.4, -0.2) is 17.0 Å². The molecule has 0 saturated heterocycles. The van der Waals surface area contributed by atoms with Gasteiger partial charge in [0.05, 0.1) is 0 Å². The standard InChI is InChI=1S/C13H13F3N4/c1-20(10-4-2-3-9(7-10)8-17)12-18-6-5-11(19-12)13(14,15)16/h2-7H,8,17H2,1H3. The first-order valence-corrected chi connectivity index (χ1v) is 5.85. The smallest absolute Gasteiger partial charge is 0.326 e. The third-order valence-corrected chi connectivity index (χ3v) is 2.77. The van der Waals surface area contributed by atoms with Gasteiger partial charge < -0.3 is 10.6 Å². The van der Waals surface area contributed by atoms with Crippen molar-refractivity contribution < 1.29 is 13.2 Å². The number of anilines is 2. The molecule has 0 aliphatic heterocycles. The summed E-state index contributed by atoms with van der Waals surface area (Å²) in [6, 6.07) is 7.99. The fourth-order valence-corrected chi connectivity index (χ4v) is 1.68. The Kier molecular flexibility index (Phi) is 3.89. The van der Waals surface area contributed by atoms with E-state index in [-0.39, 0.29) is 5.95 Å². The Morgan fingerprint density at radius 3 is 2.65 bits per heavy atom. The Hall–Kier alpha value is -2.15. The molecular formula is C13H13F3N4. The van der Waals surface area contributed by atoms with Gasteiger partial charge in [-0.3, -0.25) is 0 Å². The molecule has 0 atom stereocenters. The molecular weight excluding hydrogens is 269 g/mol. The van der Waals surface area contributed by atoms with Gasteiger partial charge in [-0.2, -0.15) is 13.2 Å². The Balaban J connectivity index is 2.35. The van der Waals surface area contributed by atoms with Crippen molar-refractivity contribution in [2.45, 2.75) is 12.7 Å². The molecule has 1 aromatic heterocycles. The van der Waals surface area contributed by atoms with Crippen LogP contribution in [0.1, 0.15) is 11.3 Å². The maximum Gasteiger partial charge on any atom is 0.433 e. The molecule has 2 N–H and O–H groups in total. The Morgan fingerprint density at radius 1 is 1.25 bits per heavy atom. The van der Waals surface area contributed by atoms with Crippen molar-refractivity contribution in [2.24, 2.45) is 5.73 Å². The summed E-state index contributed by atoms with van der Waals surface area (Å²) in [7, 11) is 1.60. The molecule has 0 aliphatic rings. The molecule has 0 aliphatic carbocycles. The number of halogens is 3. The first kappa shape index (κ1) is 14.3. The summed E-state index contributed by atoms with van der Waals surface area (Å²) in [5.41, 5.74) is 6.12. The van der Waals surface area contributed by atoms with E-state index in [2.05, 4.69) is 9.97 Å². The van der Waals surface area contributed by atoms with Crippen molar-refractivity contribution in [3.05, 3.63) is 47.8 Å². The maximum absolute atomic E-state index is 12.6. The monoisotopic (exact) mass is 282 g/mol. The average Bonchev–Trinajstić information content (AvgIpc) is 2.46. The third kappa shape index (κ3) is 3.05. The number of hydrogen-bond acceptors (Lipinski definition) is 4. The van der Waals surface area contributed by atoms with E-state index in [4.69, 9.17) is 5.73 Å². The van der Waals surface area contributed by atoms with Crippen molar-refractivity contribution in [3.8, 4) is 0 Å². The summed E-state index contributed by atoms with van der Waals surface area (Å²) >= 11 is 0. The van der Waals surface area contributed by atoms with Crippen LogP contribution >= 0.6 is 0 Å². The topological polar surface area (TPSA) is 55.0 Å². The summed E-state index contributed by atoms with van der Waals surface area (Å²) in [6.45, 7) is 0.352. The maximum atomic E-state index is 12.6. The molecule has 0 saturated carbocycles. The minimum absolute atomic E-state index is 0.0194. The number of aromatic nitrogens is 2. The zero-order chi connectivity index (χ0) is 14.8. The molecule has 20 heavy (non-hydrogen) atoms. The van der Waals surface area contributed by atoms with Crippen LogP contribution in [0.2, 0.25) is 0 Å². The van der Waals surface area contributed by atoms with Gasteiger partial charge in [0.15, 0.2) is 0 Å². The molecule has 0 fully saturated rings.